The molecule has 0 spiro atoms. The van der Waals surface area contributed by atoms with E-state index in [9.17, 15) is 4.79 Å². The molecule has 0 aromatic heterocycles. The monoisotopic (exact) mass is 330 g/mol. The third kappa shape index (κ3) is 4.55. The number of rotatable bonds is 5. The van der Waals surface area contributed by atoms with Gasteiger partial charge in [-0.05, 0) is 54.9 Å². The molecule has 0 saturated carbocycles. The zero-order valence-electron chi connectivity index (χ0n) is 12.7. The molecule has 0 aliphatic carbocycles. The molecule has 23 heavy (non-hydrogen) atoms. The lowest BCUT2D eigenvalue weighted by molar-refractivity contribution is 0.0542. The first-order valence-electron chi connectivity index (χ1n) is 7.69. The number of carbonyl (C=O) groups excluding carboxylic acids is 1. The smallest absolute Gasteiger partial charge is 0.255 e. The molecule has 1 atom stereocenters. The van der Waals surface area contributed by atoms with Crippen LogP contribution in [0.5, 0.6) is 0 Å². The standard InChI is InChI=1S/C18H19ClN2O2/c19-15-5-3-14(4-6-15)18(22)21-16-7-1-13(2-8-16)12-23-17-9-10-20-11-17/h1-8,17,20H,9-12H2,(H,21,22)/t17-/m1/s1. The quantitative estimate of drug-likeness (QED) is 0.882. The number of carbonyl (C=O) groups is 1. The van der Waals surface area contributed by atoms with Crippen LogP contribution in [0.2, 0.25) is 5.02 Å². The van der Waals surface area contributed by atoms with Crippen molar-refractivity contribution >= 4 is 23.2 Å². The van der Waals surface area contributed by atoms with Gasteiger partial charge in [0.15, 0.2) is 0 Å². The van der Waals surface area contributed by atoms with Gasteiger partial charge in [0.05, 0.1) is 12.7 Å². The Morgan fingerprint density at radius 2 is 1.91 bits per heavy atom. The lowest BCUT2D eigenvalue weighted by atomic mass is 10.2. The van der Waals surface area contributed by atoms with E-state index < -0.39 is 0 Å². The van der Waals surface area contributed by atoms with Gasteiger partial charge in [0.25, 0.3) is 5.91 Å². The number of benzene rings is 2. The fourth-order valence-electron chi connectivity index (χ4n) is 2.47. The number of halogens is 1. The van der Waals surface area contributed by atoms with E-state index in [1.165, 1.54) is 0 Å². The first-order chi connectivity index (χ1) is 11.2. The molecular formula is C18H19ClN2O2. The molecule has 2 aromatic rings. The third-order valence-electron chi connectivity index (χ3n) is 3.82. The van der Waals surface area contributed by atoms with Crippen molar-refractivity contribution in [1.29, 1.82) is 0 Å². The van der Waals surface area contributed by atoms with Crippen LogP contribution in [0.4, 0.5) is 5.69 Å². The van der Waals surface area contributed by atoms with Gasteiger partial charge in [0.2, 0.25) is 0 Å². The van der Waals surface area contributed by atoms with Crippen molar-refractivity contribution < 1.29 is 9.53 Å². The number of hydrogen-bond donors (Lipinski definition) is 2. The lowest BCUT2D eigenvalue weighted by Crippen LogP contribution is -2.16. The molecule has 1 fully saturated rings. The molecule has 1 saturated heterocycles. The third-order valence-corrected chi connectivity index (χ3v) is 4.07. The van der Waals surface area contributed by atoms with E-state index in [4.69, 9.17) is 16.3 Å². The van der Waals surface area contributed by atoms with E-state index in [2.05, 4.69) is 10.6 Å². The van der Waals surface area contributed by atoms with Gasteiger partial charge in [-0.2, -0.15) is 0 Å². The number of nitrogens with one attached hydrogen (secondary N) is 2. The Labute approximate surface area is 140 Å². The van der Waals surface area contributed by atoms with E-state index in [0.29, 0.717) is 23.3 Å². The Balaban J connectivity index is 1.54. The second kappa shape index (κ2) is 7.59. The second-order valence-electron chi connectivity index (χ2n) is 5.58. The van der Waals surface area contributed by atoms with Crippen molar-refractivity contribution in [2.75, 3.05) is 18.4 Å². The summed E-state index contributed by atoms with van der Waals surface area (Å²) in [5.74, 6) is -0.150. The van der Waals surface area contributed by atoms with E-state index in [-0.39, 0.29) is 5.91 Å². The van der Waals surface area contributed by atoms with Crippen LogP contribution >= 0.6 is 11.6 Å². The van der Waals surface area contributed by atoms with Crippen molar-refractivity contribution in [3.8, 4) is 0 Å². The highest BCUT2D eigenvalue weighted by Gasteiger charge is 2.14. The molecule has 0 radical (unpaired) electrons. The molecule has 5 heteroatoms. The van der Waals surface area contributed by atoms with Crippen LogP contribution in [0.25, 0.3) is 0 Å². The van der Waals surface area contributed by atoms with Gasteiger partial charge < -0.3 is 15.4 Å². The van der Waals surface area contributed by atoms with Crippen LogP contribution in [-0.2, 0) is 11.3 Å². The number of ether oxygens (including phenoxy) is 1. The summed E-state index contributed by atoms with van der Waals surface area (Å²) in [6.07, 6.45) is 1.37. The fraction of sp³-hybridized carbons (Fsp3) is 0.278. The van der Waals surface area contributed by atoms with Crippen LogP contribution in [0.15, 0.2) is 48.5 Å². The van der Waals surface area contributed by atoms with E-state index in [1.54, 1.807) is 24.3 Å². The van der Waals surface area contributed by atoms with E-state index >= 15 is 0 Å². The highest BCUT2D eigenvalue weighted by Crippen LogP contribution is 2.15. The van der Waals surface area contributed by atoms with Gasteiger partial charge >= 0.3 is 0 Å². The number of amides is 1. The average molecular weight is 331 g/mol. The average Bonchev–Trinajstić information content (AvgIpc) is 3.08. The maximum atomic E-state index is 12.1. The van der Waals surface area contributed by atoms with Gasteiger partial charge in [-0.1, -0.05) is 23.7 Å². The van der Waals surface area contributed by atoms with Crippen molar-refractivity contribution in [2.45, 2.75) is 19.1 Å². The largest absolute Gasteiger partial charge is 0.372 e. The number of hydrogen-bond acceptors (Lipinski definition) is 3. The molecule has 2 aromatic carbocycles. The van der Waals surface area contributed by atoms with E-state index in [0.717, 1.165) is 30.8 Å². The van der Waals surface area contributed by atoms with Crippen LogP contribution in [0.3, 0.4) is 0 Å². The summed E-state index contributed by atoms with van der Waals surface area (Å²) >= 11 is 5.82. The van der Waals surface area contributed by atoms with Crippen molar-refractivity contribution in [2.24, 2.45) is 0 Å². The molecule has 2 N–H and O–H groups in total. The normalized spacial score (nSPS) is 17.2. The van der Waals surface area contributed by atoms with Crippen LogP contribution in [0.1, 0.15) is 22.3 Å². The molecule has 0 bridgehead atoms. The minimum Gasteiger partial charge on any atom is -0.372 e. The van der Waals surface area contributed by atoms with Gasteiger partial charge in [-0.15, -0.1) is 0 Å². The summed E-state index contributed by atoms with van der Waals surface area (Å²) in [4.78, 5) is 12.1. The molecule has 1 aliphatic rings. The Bertz CT molecular complexity index is 650. The van der Waals surface area contributed by atoms with Gasteiger partial charge in [0.1, 0.15) is 0 Å². The highest BCUT2D eigenvalue weighted by atomic mass is 35.5. The number of anilines is 1. The molecule has 0 unspecified atom stereocenters. The Kier molecular flexibility index (Phi) is 5.28. The summed E-state index contributed by atoms with van der Waals surface area (Å²) in [6.45, 7) is 2.55. The first-order valence-corrected chi connectivity index (χ1v) is 8.07. The van der Waals surface area contributed by atoms with Crippen molar-refractivity contribution in [3.05, 3.63) is 64.7 Å². The second-order valence-corrected chi connectivity index (χ2v) is 6.02. The maximum absolute atomic E-state index is 12.1. The molecule has 1 heterocycles. The predicted molar refractivity (Wildman–Crippen MR) is 91.9 cm³/mol. The molecule has 3 rings (SSSR count). The summed E-state index contributed by atoms with van der Waals surface area (Å²) < 4.78 is 5.83. The molecule has 1 aliphatic heterocycles. The minimum atomic E-state index is -0.150. The van der Waals surface area contributed by atoms with Gasteiger partial charge in [-0.3, -0.25) is 4.79 Å². The van der Waals surface area contributed by atoms with E-state index in [1.807, 2.05) is 24.3 Å². The zero-order valence-corrected chi connectivity index (χ0v) is 13.5. The lowest BCUT2D eigenvalue weighted by Gasteiger charge is -2.11. The predicted octanol–water partition coefficient (Wildman–Crippen LogP) is 3.47. The first kappa shape index (κ1) is 16.0. The Morgan fingerprint density at radius 1 is 1.17 bits per heavy atom. The van der Waals surface area contributed by atoms with Crippen LogP contribution in [-0.4, -0.2) is 25.1 Å². The van der Waals surface area contributed by atoms with Crippen molar-refractivity contribution in [1.82, 2.24) is 5.32 Å². The molecular weight excluding hydrogens is 312 g/mol. The molecule has 1 amide bonds. The molecule has 120 valence electrons. The Hall–Kier alpha value is -1.88. The fourth-order valence-corrected chi connectivity index (χ4v) is 2.60. The SMILES string of the molecule is O=C(Nc1ccc(CO[C@@H]2CCNC2)cc1)c1ccc(Cl)cc1. The van der Waals surface area contributed by atoms with Gasteiger partial charge in [0, 0.05) is 22.8 Å². The van der Waals surface area contributed by atoms with Crippen molar-refractivity contribution in [3.63, 3.8) is 0 Å². The summed E-state index contributed by atoms with van der Waals surface area (Å²) in [5, 5.41) is 6.76. The zero-order chi connectivity index (χ0) is 16.1. The minimum absolute atomic E-state index is 0.150. The summed E-state index contributed by atoms with van der Waals surface area (Å²) in [7, 11) is 0. The van der Waals surface area contributed by atoms with Gasteiger partial charge in [-0.25, -0.2) is 0 Å². The maximum Gasteiger partial charge on any atom is 0.255 e. The van der Waals surface area contributed by atoms with Crippen LogP contribution in [0, 0.1) is 0 Å². The Morgan fingerprint density at radius 3 is 2.57 bits per heavy atom. The topological polar surface area (TPSA) is 50.4 Å². The highest BCUT2D eigenvalue weighted by molar-refractivity contribution is 6.30. The summed E-state index contributed by atoms with van der Waals surface area (Å²) in [5.41, 5.74) is 2.44. The molecule has 4 nitrogen and oxygen atoms in total. The van der Waals surface area contributed by atoms with Crippen LogP contribution < -0.4 is 10.6 Å². The summed E-state index contributed by atoms with van der Waals surface area (Å²) in [6, 6.07) is 14.5.